The fourth-order valence-corrected chi connectivity index (χ4v) is 5.77. The van der Waals surface area contributed by atoms with Gasteiger partial charge in [0.1, 0.15) is 5.25 Å². The number of carbonyl (C=O) groups excluding carboxylic acids is 2. The number of rotatable bonds is 8. The van der Waals surface area contributed by atoms with Crippen LogP contribution in [0, 0.1) is 6.92 Å². The van der Waals surface area contributed by atoms with E-state index in [0.29, 0.717) is 21.4 Å². The number of nitrogens with zero attached hydrogens (tertiary/aromatic N) is 1. The molecule has 39 heavy (non-hydrogen) atoms. The summed E-state index contributed by atoms with van der Waals surface area (Å²) in [5, 5.41) is 8.52. The van der Waals surface area contributed by atoms with Gasteiger partial charge < -0.3 is 10.6 Å². The van der Waals surface area contributed by atoms with E-state index in [1.807, 2.05) is 109 Å². The van der Waals surface area contributed by atoms with Crippen molar-refractivity contribution in [3.05, 3.63) is 130 Å². The minimum atomic E-state index is -0.498. The minimum Gasteiger partial charge on any atom is -0.322 e. The highest BCUT2D eigenvalue weighted by Gasteiger charge is 2.23. The highest BCUT2D eigenvalue weighted by molar-refractivity contribution is 8.00. The van der Waals surface area contributed by atoms with Gasteiger partial charge in [0, 0.05) is 32.1 Å². The minimum absolute atomic E-state index is 0.165. The Kier molecular flexibility index (Phi) is 8.42. The van der Waals surface area contributed by atoms with Crippen LogP contribution >= 0.6 is 34.7 Å². The molecule has 1 aromatic heterocycles. The Balaban J connectivity index is 1.29. The van der Waals surface area contributed by atoms with Crippen LogP contribution in [0.2, 0.25) is 5.02 Å². The Morgan fingerprint density at radius 2 is 1.62 bits per heavy atom. The number of hydrogen-bond donors (Lipinski definition) is 2. The molecule has 194 valence electrons. The normalized spacial score (nSPS) is 11.5. The highest BCUT2D eigenvalue weighted by atomic mass is 35.5. The maximum Gasteiger partial charge on any atom is 0.255 e. The van der Waals surface area contributed by atoms with Crippen LogP contribution in [0.5, 0.6) is 0 Å². The third-order valence-electron chi connectivity index (χ3n) is 5.86. The number of aromatic nitrogens is 1. The van der Waals surface area contributed by atoms with Crippen molar-refractivity contribution in [3.8, 4) is 11.3 Å². The zero-order valence-electron chi connectivity index (χ0n) is 20.9. The third kappa shape index (κ3) is 6.95. The molecule has 2 amide bonds. The summed E-state index contributed by atoms with van der Waals surface area (Å²) in [5.41, 5.74) is 4.91. The molecule has 0 saturated heterocycles. The summed E-state index contributed by atoms with van der Waals surface area (Å²) in [6, 6.07) is 32.0. The van der Waals surface area contributed by atoms with E-state index in [4.69, 9.17) is 11.6 Å². The molecule has 1 atom stereocenters. The number of thiazole rings is 1. The Morgan fingerprint density at radius 1 is 0.872 bits per heavy atom. The lowest BCUT2D eigenvalue weighted by Gasteiger charge is -2.16. The first-order valence-corrected chi connectivity index (χ1v) is 14.3. The van der Waals surface area contributed by atoms with Crippen LogP contribution in [0.3, 0.4) is 0 Å². The lowest BCUT2D eigenvalue weighted by molar-refractivity contribution is -0.115. The highest BCUT2D eigenvalue weighted by Crippen LogP contribution is 2.37. The summed E-state index contributed by atoms with van der Waals surface area (Å²) in [4.78, 5) is 31.6. The van der Waals surface area contributed by atoms with Crippen LogP contribution in [0.25, 0.3) is 11.3 Å². The van der Waals surface area contributed by atoms with Gasteiger partial charge in [-0.15, -0.1) is 23.1 Å². The second-order valence-electron chi connectivity index (χ2n) is 8.79. The average Bonchev–Trinajstić information content (AvgIpc) is 3.41. The Hall–Kier alpha value is -3.91. The van der Waals surface area contributed by atoms with E-state index in [9.17, 15) is 9.59 Å². The van der Waals surface area contributed by atoms with Gasteiger partial charge in [0.25, 0.3) is 5.91 Å². The number of aryl methyl sites for hydroxylation is 1. The van der Waals surface area contributed by atoms with E-state index in [1.165, 1.54) is 23.1 Å². The van der Waals surface area contributed by atoms with Crippen LogP contribution in [0.1, 0.15) is 26.7 Å². The molecule has 0 aliphatic heterocycles. The number of halogens is 1. The van der Waals surface area contributed by atoms with Crippen LogP contribution in [0.4, 0.5) is 10.8 Å². The summed E-state index contributed by atoms with van der Waals surface area (Å²) in [7, 11) is 0. The summed E-state index contributed by atoms with van der Waals surface area (Å²) >= 11 is 8.81. The molecule has 0 saturated carbocycles. The van der Waals surface area contributed by atoms with Gasteiger partial charge in [-0.05, 0) is 61.0 Å². The van der Waals surface area contributed by atoms with Crippen molar-refractivity contribution in [2.75, 3.05) is 10.6 Å². The van der Waals surface area contributed by atoms with Gasteiger partial charge in [-0.1, -0.05) is 71.8 Å². The standard InChI is InChI=1S/C31H24ClN3O2S2/c1-20-6-5-9-23(18-20)29(36)33-25-14-16-26(17-15-25)39-28(22-7-3-2-4-8-22)30(37)35-31-34-27(19-38-31)21-10-12-24(32)13-11-21/h2-19,28H,1H3,(H,33,36)(H,34,35,37). The van der Waals surface area contributed by atoms with Crippen LogP contribution in [-0.2, 0) is 4.79 Å². The van der Waals surface area contributed by atoms with E-state index in [1.54, 1.807) is 6.07 Å². The van der Waals surface area contributed by atoms with Crippen LogP contribution in [0.15, 0.2) is 113 Å². The fourth-order valence-electron chi connectivity index (χ4n) is 3.90. The molecule has 5 nitrogen and oxygen atoms in total. The van der Waals surface area contributed by atoms with Gasteiger partial charge in [-0.2, -0.15) is 0 Å². The van der Waals surface area contributed by atoms with Crippen molar-refractivity contribution in [2.45, 2.75) is 17.1 Å². The molecule has 4 aromatic carbocycles. The molecule has 0 spiro atoms. The summed E-state index contributed by atoms with van der Waals surface area (Å²) in [6.07, 6.45) is 0. The summed E-state index contributed by atoms with van der Waals surface area (Å²) in [5.74, 6) is -0.331. The number of carbonyl (C=O) groups is 2. The Labute approximate surface area is 240 Å². The smallest absolute Gasteiger partial charge is 0.255 e. The van der Waals surface area contributed by atoms with Gasteiger partial charge in [-0.3, -0.25) is 9.59 Å². The van der Waals surface area contributed by atoms with E-state index >= 15 is 0 Å². The third-order valence-corrected chi connectivity index (χ3v) is 8.14. The van der Waals surface area contributed by atoms with Crippen molar-refractivity contribution in [2.24, 2.45) is 0 Å². The quantitative estimate of drug-likeness (QED) is 0.184. The number of benzene rings is 4. The second kappa shape index (κ2) is 12.3. The molecule has 5 aromatic rings. The fraction of sp³-hybridized carbons (Fsp3) is 0.0645. The number of anilines is 2. The molecular weight excluding hydrogens is 546 g/mol. The Morgan fingerprint density at radius 3 is 2.33 bits per heavy atom. The summed E-state index contributed by atoms with van der Waals surface area (Å²) in [6.45, 7) is 1.95. The van der Waals surface area contributed by atoms with Gasteiger partial charge in [0.05, 0.1) is 5.69 Å². The van der Waals surface area contributed by atoms with Crippen molar-refractivity contribution >= 4 is 57.3 Å². The van der Waals surface area contributed by atoms with E-state index in [2.05, 4.69) is 15.6 Å². The number of hydrogen-bond acceptors (Lipinski definition) is 5. The second-order valence-corrected chi connectivity index (χ2v) is 11.3. The monoisotopic (exact) mass is 569 g/mol. The van der Waals surface area contributed by atoms with Crippen molar-refractivity contribution < 1.29 is 9.59 Å². The average molecular weight is 570 g/mol. The van der Waals surface area contributed by atoms with Gasteiger partial charge >= 0.3 is 0 Å². The first-order valence-electron chi connectivity index (χ1n) is 12.2. The zero-order chi connectivity index (χ0) is 27.2. The predicted molar refractivity (Wildman–Crippen MR) is 162 cm³/mol. The lowest BCUT2D eigenvalue weighted by Crippen LogP contribution is -2.19. The van der Waals surface area contributed by atoms with Crippen molar-refractivity contribution in [1.29, 1.82) is 0 Å². The number of thioether (sulfide) groups is 1. The van der Waals surface area contributed by atoms with E-state index < -0.39 is 5.25 Å². The molecule has 0 aliphatic carbocycles. The zero-order valence-corrected chi connectivity index (χ0v) is 23.3. The first-order chi connectivity index (χ1) is 18.9. The van der Waals surface area contributed by atoms with Crippen LogP contribution in [-0.4, -0.2) is 16.8 Å². The van der Waals surface area contributed by atoms with Gasteiger partial charge in [-0.25, -0.2) is 4.98 Å². The van der Waals surface area contributed by atoms with Crippen molar-refractivity contribution in [1.82, 2.24) is 4.98 Å². The first kappa shape index (κ1) is 26.7. The molecule has 2 N–H and O–H groups in total. The van der Waals surface area contributed by atoms with Crippen LogP contribution < -0.4 is 10.6 Å². The molecule has 8 heteroatoms. The topological polar surface area (TPSA) is 71.1 Å². The molecule has 0 aliphatic rings. The molecular formula is C31H24ClN3O2S2. The molecule has 0 bridgehead atoms. The SMILES string of the molecule is Cc1cccc(C(=O)Nc2ccc(SC(C(=O)Nc3nc(-c4ccc(Cl)cc4)cs3)c3ccccc3)cc2)c1. The maximum atomic E-state index is 13.5. The largest absolute Gasteiger partial charge is 0.322 e. The Bertz CT molecular complexity index is 1590. The van der Waals surface area contributed by atoms with Gasteiger partial charge in [0.2, 0.25) is 5.91 Å². The molecule has 0 radical (unpaired) electrons. The molecule has 1 heterocycles. The van der Waals surface area contributed by atoms with E-state index in [0.717, 1.165) is 27.3 Å². The van der Waals surface area contributed by atoms with Crippen molar-refractivity contribution in [3.63, 3.8) is 0 Å². The number of amides is 2. The lowest BCUT2D eigenvalue weighted by atomic mass is 10.1. The number of nitrogens with one attached hydrogen (secondary N) is 2. The molecule has 0 fully saturated rings. The summed E-state index contributed by atoms with van der Waals surface area (Å²) < 4.78 is 0. The predicted octanol–water partition coefficient (Wildman–Crippen LogP) is 8.50. The molecule has 1 unspecified atom stereocenters. The van der Waals surface area contributed by atoms with Gasteiger partial charge in [0.15, 0.2) is 5.13 Å². The maximum absolute atomic E-state index is 13.5. The molecule has 5 rings (SSSR count). The van der Waals surface area contributed by atoms with E-state index in [-0.39, 0.29) is 11.8 Å².